The van der Waals surface area contributed by atoms with Crippen LogP contribution in [0.5, 0.6) is 0 Å². The second-order valence-electron chi connectivity index (χ2n) is 5.96. The lowest BCUT2D eigenvalue weighted by atomic mass is 10.0. The number of tetrazole rings is 1. The molecule has 3 rings (SSSR count). The van der Waals surface area contributed by atoms with Crippen LogP contribution in [0.2, 0.25) is 0 Å². The van der Waals surface area contributed by atoms with Gasteiger partial charge in [-0.3, -0.25) is 4.79 Å². The minimum absolute atomic E-state index is 0.00945. The summed E-state index contributed by atoms with van der Waals surface area (Å²) in [6, 6.07) is 10.9. The first kappa shape index (κ1) is 18.2. The largest absolute Gasteiger partial charge is 0.293 e. The van der Waals surface area contributed by atoms with Gasteiger partial charge in [-0.1, -0.05) is 37.7 Å². The maximum Gasteiger partial charge on any atom is 0.214 e. The summed E-state index contributed by atoms with van der Waals surface area (Å²) >= 11 is 1.13. The molecule has 0 radical (unpaired) electrons. The van der Waals surface area contributed by atoms with Crippen LogP contribution < -0.4 is 0 Å². The van der Waals surface area contributed by atoms with E-state index in [-0.39, 0.29) is 17.1 Å². The molecule has 0 N–H and O–H groups in total. The van der Waals surface area contributed by atoms with Crippen molar-refractivity contribution >= 4 is 17.5 Å². The minimum Gasteiger partial charge on any atom is -0.293 e. The Morgan fingerprint density at radius 1 is 1.12 bits per heavy atom. The molecular weight excluding hydrogens is 358 g/mol. The van der Waals surface area contributed by atoms with Gasteiger partial charge in [0.15, 0.2) is 17.4 Å². The van der Waals surface area contributed by atoms with Crippen LogP contribution in [0.1, 0.15) is 35.7 Å². The number of rotatable bonds is 6. The Labute approximate surface area is 153 Å². The number of aromatic nitrogens is 4. The van der Waals surface area contributed by atoms with Gasteiger partial charge in [0.25, 0.3) is 0 Å². The van der Waals surface area contributed by atoms with Crippen molar-refractivity contribution in [3.05, 3.63) is 65.2 Å². The van der Waals surface area contributed by atoms with Crippen LogP contribution in [0.3, 0.4) is 0 Å². The molecule has 0 unspecified atom stereocenters. The number of hydrogen-bond donors (Lipinski definition) is 0. The summed E-state index contributed by atoms with van der Waals surface area (Å²) in [6.45, 7) is 4.22. The lowest BCUT2D eigenvalue weighted by molar-refractivity contribution is 0.102. The van der Waals surface area contributed by atoms with Crippen LogP contribution in [0.4, 0.5) is 8.78 Å². The molecular formula is C18H16F2N4OS. The molecule has 0 fully saturated rings. The van der Waals surface area contributed by atoms with E-state index in [4.69, 9.17) is 0 Å². The number of carbonyl (C=O) groups is 1. The van der Waals surface area contributed by atoms with Crippen molar-refractivity contribution < 1.29 is 13.6 Å². The van der Waals surface area contributed by atoms with Gasteiger partial charge in [0.1, 0.15) is 0 Å². The number of hydrogen-bond acceptors (Lipinski definition) is 5. The van der Waals surface area contributed by atoms with Crippen LogP contribution in [-0.4, -0.2) is 31.7 Å². The van der Waals surface area contributed by atoms with Crippen molar-refractivity contribution in [2.75, 3.05) is 5.75 Å². The van der Waals surface area contributed by atoms with E-state index < -0.39 is 11.6 Å². The standard InChI is InChI=1S/C18H16F2N4OS/c1-11(2)12-3-6-14(7-4-12)24-18(21-22-23-24)26-10-17(25)13-5-8-15(19)16(20)9-13/h3-9,11H,10H2,1-2H3. The Kier molecular flexibility index (Phi) is 5.41. The Balaban J connectivity index is 1.72. The van der Waals surface area contributed by atoms with Gasteiger partial charge in [-0.15, -0.1) is 5.10 Å². The molecule has 0 amide bonds. The first-order valence-corrected chi connectivity index (χ1v) is 8.94. The van der Waals surface area contributed by atoms with Gasteiger partial charge < -0.3 is 0 Å². The molecule has 0 saturated heterocycles. The first-order chi connectivity index (χ1) is 12.5. The van der Waals surface area contributed by atoms with Crippen molar-refractivity contribution in [2.45, 2.75) is 24.9 Å². The molecule has 0 aliphatic carbocycles. The van der Waals surface area contributed by atoms with Crippen molar-refractivity contribution in [1.29, 1.82) is 0 Å². The van der Waals surface area contributed by atoms with Crippen molar-refractivity contribution in [3.8, 4) is 5.69 Å². The van der Waals surface area contributed by atoms with Gasteiger partial charge in [-0.05, 0) is 52.2 Å². The van der Waals surface area contributed by atoms with E-state index in [0.717, 1.165) is 29.6 Å². The van der Waals surface area contributed by atoms with E-state index in [2.05, 4.69) is 29.4 Å². The zero-order valence-corrected chi connectivity index (χ0v) is 15.0. The number of benzene rings is 2. The quantitative estimate of drug-likeness (QED) is 0.481. The van der Waals surface area contributed by atoms with Gasteiger partial charge in [-0.2, -0.15) is 4.68 Å². The number of nitrogens with zero attached hydrogens (tertiary/aromatic N) is 4. The van der Waals surface area contributed by atoms with E-state index in [9.17, 15) is 13.6 Å². The maximum atomic E-state index is 13.3. The molecule has 26 heavy (non-hydrogen) atoms. The highest BCUT2D eigenvalue weighted by molar-refractivity contribution is 7.99. The molecule has 0 atom stereocenters. The molecule has 2 aromatic carbocycles. The maximum absolute atomic E-state index is 13.3. The van der Waals surface area contributed by atoms with Crippen molar-refractivity contribution in [3.63, 3.8) is 0 Å². The smallest absolute Gasteiger partial charge is 0.214 e. The van der Waals surface area contributed by atoms with Gasteiger partial charge in [0.05, 0.1) is 11.4 Å². The number of Topliss-reactive ketones (excluding diaryl/α,β-unsaturated/α-hetero) is 1. The van der Waals surface area contributed by atoms with Crippen molar-refractivity contribution in [1.82, 2.24) is 20.2 Å². The molecule has 5 nitrogen and oxygen atoms in total. The fraction of sp³-hybridized carbons (Fsp3) is 0.222. The van der Waals surface area contributed by atoms with Gasteiger partial charge in [0, 0.05) is 5.56 Å². The zero-order valence-electron chi connectivity index (χ0n) is 14.2. The van der Waals surface area contributed by atoms with E-state index in [0.29, 0.717) is 11.1 Å². The third-order valence-corrected chi connectivity index (χ3v) is 4.74. The Bertz CT molecular complexity index is 925. The summed E-state index contributed by atoms with van der Waals surface area (Å²) in [4.78, 5) is 12.2. The predicted octanol–water partition coefficient (Wildman–Crippen LogP) is 4.04. The SMILES string of the molecule is CC(C)c1ccc(-n2nnnc2SCC(=O)c2ccc(F)c(F)c2)cc1. The van der Waals surface area contributed by atoms with Gasteiger partial charge in [-0.25, -0.2) is 8.78 Å². The molecule has 0 aliphatic rings. The van der Waals surface area contributed by atoms with E-state index in [1.54, 1.807) is 0 Å². The summed E-state index contributed by atoms with van der Waals surface area (Å²) in [5.74, 6) is -1.94. The normalized spacial score (nSPS) is 11.1. The van der Waals surface area contributed by atoms with E-state index >= 15 is 0 Å². The first-order valence-electron chi connectivity index (χ1n) is 7.95. The average molecular weight is 374 g/mol. The Morgan fingerprint density at radius 2 is 1.85 bits per heavy atom. The lowest BCUT2D eigenvalue weighted by Gasteiger charge is -2.08. The Morgan fingerprint density at radius 3 is 2.50 bits per heavy atom. The molecule has 0 aliphatic heterocycles. The highest BCUT2D eigenvalue weighted by Crippen LogP contribution is 2.22. The Hall–Kier alpha value is -2.61. The summed E-state index contributed by atoms with van der Waals surface area (Å²) < 4.78 is 27.8. The van der Waals surface area contributed by atoms with Crippen LogP contribution >= 0.6 is 11.8 Å². The van der Waals surface area contributed by atoms with Gasteiger partial charge >= 0.3 is 0 Å². The second kappa shape index (κ2) is 7.74. The summed E-state index contributed by atoms with van der Waals surface area (Å²) in [5.41, 5.74) is 2.09. The average Bonchev–Trinajstić information content (AvgIpc) is 3.10. The lowest BCUT2D eigenvalue weighted by Crippen LogP contribution is -2.06. The third-order valence-electron chi connectivity index (χ3n) is 3.82. The van der Waals surface area contributed by atoms with E-state index in [1.807, 2.05) is 24.3 Å². The molecule has 0 bridgehead atoms. The van der Waals surface area contributed by atoms with Crippen molar-refractivity contribution in [2.24, 2.45) is 0 Å². The van der Waals surface area contributed by atoms with Crippen LogP contribution in [0, 0.1) is 11.6 Å². The fourth-order valence-corrected chi connectivity index (χ4v) is 3.10. The summed E-state index contributed by atoms with van der Waals surface area (Å²) in [5, 5.41) is 12.0. The minimum atomic E-state index is -1.05. The number of thioether (sulfide) groups is 1. The van der Waals surface area contributed by atoms with E-state index in [1.165, 1.54) is 16.3 Å². The molecule has 134 valence electrons. The fourth-order valence-electron chi connectivity index (χ4n) is 2.31. The number of ketones is 1. The van der Waals surface area contributed by atoms with Crippen LogP contribution in [0.25, 0.3) is 5.69 Å². The monoisotopic (exact) mass is 374 g/mol. The zero-order chi connectivity index (χ0) is 18.7. The highest BCUT2D eigenvalue weighted by Gasteiger charge is 2.14. The summed E-state index contributed by atoms with van der Waals surface area (Å²) in [7, 11) is 0. The highest BCUT2D eigenvalue weighted by atomic mass is 32.2. The van der Waals surface area contributed by atoms with Gasteiger partial charge in [0.2, 0.25) is 5.16 Å². The number of carbonyl (C=O) groups excluding carboxylic acids is 1. The molecule has 8 heteroatoms. The number of halogens is 2. The molecule has 0 spiro atoms. The molecule has 1 aromatic heterocycles. The van der Waals surface area contributed by atoms with Crippen LogP contribution in [-0.2, 0) is 0 Å². The van der Waals surface area contributed by atoms with Crippen LogP contribution in [0.15, 0.2) is 47.6 Å². The molecule has 1 heterocycles. The molecule has 0 saturated carbocycles. The predicted molar refractivity (Wildman–Crippen MR) is 94.7 cm³/mol. The topological polar surface area (TPSA) is 60.7 Å². The summed E-state index contributed by atoms with van der Waals surface area (Å²) in [6.07, 6.45) is 0. The third kappa shape index (κ3) is 3.96. The second-order valence-corrected chi connectivity index (χ2v) is 6.90. The molecule has 3 aromatic rings.